The standard InChI is InChI=1S/C31H22N2O4S2/c34-33(35)30-18-20-31(21-19-30)39(36,37)32-22-6-5-14-26-10-1-3-12-28(26)16-8-24-38-25-9-17-29-13-4-2-11-27(29)15-7-23-32/h1-4,10-13,18-21H,6,22-25H2. The van der Waals surface area contributed by atoms with Crippen molar-refractivity contribution in [2.24, 2.45) is 0 Å². The van der Waals surface area contributed by atoms with Gasteiger partial charge in [0, 0.05) is 47.4 Å². The summed E-state index contributed by atoms with van der Waals surface area (Å²) >= 11 is 1.62. The molecule has 1 aliphatic rings. The van der Waals surface area contributed by atoms with Crippen molar-refractivity contribution in [3.63, 3.8) is 0 Å². The molecule has 1 aliphatic heterocycles. The lowest BCUT2D eigenvalue weighted by molar-refractivity contribution is -0.384. The summed E-state index contributed by atoms with van der Waals surface area (Å²) in [5, 5.41) is 11.0. The lowest BCUT2D eigenvalue weighted by atomic mass is 10.1. The van der Waals surface area contributed by atoms with E-state index in [1.54, 1.807) is 11.8 Å². The van der Waals surface area contributed by atoms with Crippen LogP contribution in [0.25, 0.3) is 0 Å². The third kappa shape index (κ3) is 7.55. The number of hydrogen-bond donors (Lipinski definition) is 0. The predicted octanol–water partition coefficient (Wildman–Crippen LogP) is 4.53. The molecule has 3 aromatic rings. The summed E-state index contributed by atoms with van der Waals surface area (Å²) in [7, 11) is -3.99. The molecule has 6 nitrogen and oxygen atoms in total. The fourth-order valence-corrected chi connectivity index (χ4v) is 5.35. The average molecular weight is 551 g/mol. The molecule has 0 saturated heterocycles. The van der Waals surface area contributed by atoms with Crippen molar-refractivity contribution in [3.05, 3.63) is 105 Å². The van der Waals surface area contributed by atoms with Crippen molar-refractivity contribution in [2.75, 3.05) is 24.6 Å². The Morgan fingerprint density at radius 3 is 1.72 bits per heavy atom. The van der Waals surface area contributed by atoms with Gasteiger partial charge in [0.25, 0.3) is 5.69 Å². The van der Waals surface area contributed by atoms with Gasteiger partial charge in [0.1, 0.15) is 0 Å². The summed E-state index contributed by atoms with van der Waals surface area (Å²) < 4.78 is 28.2. The van der Waals surface area contributed by atoms with E-state index in [9.17, 15) is 18.5 Å². The summed E-state index contributed by atoms with van der Waals surface area (Å²) in [6.45, 7) is 0.00756. The molecule has 0 amide bonds. The van der Waals surface area contributed by atoms with Gasteiger partial charge in [-0.3, -0.25) is 10.1 Å². The van der Waals surface area contributed by atoms with Crippen molar-refractivity contribution < 1.29 is 13.3 Å². The average Bonchev–Trinajstić information content (AvgIpc) is 2.94. The summed E-state index contributed by atoms with van der Waals surface area (Å²) in [4.78, 5) is 10.4. The molecular weight excluding hydrogens is 528 g/mol. The molecule has 0 saturated carbocycles. The van der Waals surface area contributed by atoms with Crippen LogP contribution in [0, 0.1) is 57.5 Å². The van der Waals surface area contributed by atoms with Crippen molar-refractivity contribution in [1.29, 1.82) is 0 Å². The Hall–Kier alpha value is -4.44. The first-order chi connectivity index (χ1) is 18.9. The second-order valence-corrected chi connectivity index (χ2v) is 11.1. The molecule has 8 heteroatoms. The van der Waals surface area contributed by atoms with Crippen LogP contribution >= 0.6 is 11.8 Å². The number of fused-ring (bicyclic) bond motifs is 2. The van der Waals surface area contributed by atoms with Crippen LogP contribution in [-0.4, -0.2) is 42.2 Å². The first-order valence-electron chi connectivity index (χ1n) is 11.9. The molecule has 3 aromatic carbocycles. The van der Waals surface area contributed by atoms with Crippen LogP contribution in [0.3, 0.4) is 0 Å². The van der Waals surface area contributed by atoms with E-state index in [1.807, 2.05) is 48.5 Å². The van der Waals surface area contributed by atoms with Gasteiger partial charge in [0.05, 0.1) is 27.9 Å². The van der Waals surface area contributed by atoms with E-state index in [0.717, 1.165) is 16.7 Å². The zero-order chi connectivity index (χ0) is 27.5. The minimum absolute atomic E-state index is 0.0503. The summed E-state index contributed by atoms with van der Waals surface area (Å²) in [5.74, 6) is 26.1. The maximum absolute atomic E-state index is 13.5. The van der Waals surface area contributed by atoms with Crippen molar-refractivity contribution in [2.45, 2.75) is 11.3 Å². The predicted molar refractivity (Wildman–Crippen MR) is 154 cm³/mol. The fraction of sp³-hybridized carbons (Fsp3) is 0.161. The Bertz CT molecular complexity index is 1730. The molecule has 0 fully saturated rings. The van der Waals surface area contributed by atoms with E-state index in [0.29, 0.717) is 17.1 Å². The number of nitro groups is 1. The molecule has 0 unspecified atom stereocenters. The largest absolute Gasteiger partial charge is 0.269 e. The Labute approximate surface area is 233 Å². The number of thioether (sulfide) groups is 1. The first kappa shape index (κ1) is 27.6. The Morgan fingerprint density at radius 2 is 1.21 bits per heavy atom. The van der Waals surface area contributed by atoms with E-state index >= 15 is 0 Å². The highest BCUT2D eigenvalue weighted by atomic mass is 32.2. The smallest absolute Gasteiger partial charge is 0.258 e. The zero-order valence-electron chi connectivity index (χ0n) is 20.8. The maximum Gasteiger partial charge on any atom is 0.269 e. The van der Waals surface area contributed by atoms with Crippen LogP contribution in [0.15, 0.2) is 77.7 Å². The maximum atomic E-state index is 13.5. The van der Waals surface area contributed by atoms with Gasteiger partial charge in [-0.25, -0.2) is 8.42 Å². The van der Waals surface area contributed by atoms with E-state index in [-0.39, 0.29) is 30.1 Å². The highest BCUT2D eigenvalue weighted by Crippen LogP contribution is 2.20. The Balaban J connectivity index is 1.70. The second-order valence-electron chi connectivity index (χ2n) is 8.13. The normalized spacial score (nSPS) is 13.8. The zero-order valence-corrected chi connectivity index (χ0v) is 22.4. The number of non-ortho nitro benzene ring substituents is 1. The molecule has 1 heterocycles. The number of rotatable bonds is 3. The monoisotopic (exact) mass is 550 g/mol. The van der Waals surface area contributed by atoms with E-state index < -0.39 is 14.9 Å². The molecule has 0 radical (unpaired) electrons. The van der Waals surface area contributed by atoms with Crippen LogP contribution in [0.4, 0.5) is 5.69 Å². The van der Waals surface area contributed by atoms with Crippen LogP contribution in [0.2, 0.25) is 0 Å². The SMILES string of the molecule is O=[N+]([O-])c1ccc(S(=O)(=O)N2CC#Cc3ccccc3C#CCSCC#Cc3ccccc3C#CCC2)cc1. The van der Waals surface area contributed by atoms with Crippen LogP contribution in [0.5, 0.6) is 0 Å². The van der Waals surface area contributed by atoms with E-state index in [4.69, 9.17) is 0 Å². The third-order valence-electron chi connectivity index (χ3n) is 5.52. The van der Waals surface area contributed by atoms with Gasteiger partial charge in [-0.2, -0.15) is 4.31 Å². The van der Waals surface area contributed by atoms with Crippen LogP contribution < -0.4 is 0 Å². The minimum Gasteiger partial charge on any atom is -0.258 e. The third-order valence-corrected chi connectivity index (χ3v) is 8.08. The number of nitro benzene ring substituents is 1. The van der Waals surface area contributed by atoms with E-state index in [1.165, 1.54) is 28.6 Å². The highest BCUT2D eigenvalue weighted by Gasteiger charge is 2.24. The molecule has 0 spiro atoms. The van der Waals surface area contributed by atoms with E-state index in [2.05, 4.69) is 47.4 Å². The van der Waals surface area contributed by atoms with Crippen molar-refractivity contribution in [1.82, 2.24) is 4.31 Å². The van der Waals surface area contributed by atoms with Gasteiger partial charge in [-0.15, -0.1) is 11.8 Å². The van der Waals surface area contributed by atoms with Gasteiger partial charge in [0.15, 0.2) is 0 Å². The molecule has 0 bridgehead atoms. The molecule has 4 rings (SSSR count). The fourth-order valence-electron chi connectivity index (χ4n) is 3.55. The molecule has 0 N–H and O–H groups in total. The topological polar surface area (TPSA) is 80.5 Å². The summed E-state index contributed by atoms with van der Waals surface area (Å²) in [5.41, 5.74) is 2.86. The highest BCUT2D eigenvalue weighted by molar-refractivity contribution is 7.99. The summed E-state index contributed by atoms with van der Waals surface area (Å²) in [6.07, 6.45) is 0.258. The molecule has 0 atom stereocenters. The lowest BCUT2D eigenvalue weighted by Gasteiger charge is -2.18. The summed E-state index contributed by atoms with van der Waals surface area (Å²) in [6, 6.07) is 19.8. The second kappa shape index (κ2) is 13.4. The molecule has 0 aliphatic carbocycles. The Kier molecular flexibility index (Phi) is 9.47. The molecular formula is C31H22N2O4S2. The van der Waals surface area contributed by atoms with Gasteiger partial charge < -0.3 is 0 Å². The van der Waals surface area contributed by atoms with Crippen LogP contribution in [0.1, 0.15) is 28.7 Å². The molecule has 192 valence electrons. The van der Waals surface area contributed by atoms with Gasteiger partial charge >= 0.3 is 0 Å². The van der Waals surface area contributed by atoms with Gasteiger partial charge in [0.2, 0.25) is 10.0 Å². The quantitative estimate of drug-likeness (QED) is 0.272. The lowest BCUT2D eigenvalue weighted by Crippen LogP contribution is -2.32. The number of benzene rings is 3. The van der Waals surface area contributed by atoms with Crippen LogP contribution in [-0.2, 0) is 10.0 Å². The number of nitrogens with zero attached hydrogens (tertiary/aromatic N) is 2. The molecule has 39 heavy (non-hydrogen) atoms. The molecule has 0 aromatic heterocycles. The first-order valence-corrected chi connectivity index (χ1v) is 14.5. The Morgan fingerprint density at radius 1 is 0.718 bits per heavy atom. The van der Waals surface area contributed by atoms with Crippen molar-refractivity contribution in [3.8, 4) is 47.4 Å². The number of hydrogen-bond acceptors (Lipinski definition) is 5. The number of sulfonamides is 1. The minimum atomic E-state index is -3.99. The van der Waals surface area contributed by atoms with Gasteiger partial charge in [-0.1, -0.05) is 71.6 Å². The van der Waals surface area contributed by atoms with Gasteiger partial charge in [-0.05, 0) is 36.4 Å². The van der Waals surface area contributed by atoms with Crippen molar-refractivity contribution >= 4 is 27.5 Å².